The number of ketones is 1. The van der Waals surface area contributed by atoms with Crippen molar-refractivity contribution in [2.75, 3.05) is 13.7 Å². The van der Waals surface area contributed by atoms with Crippen LogP contribution in [0, 0.1) is 5.82 Å². The summed E-state index contributed by atoms with van der Waals surface area (Å²) in [6, 6.07) is 7.39. The van der Waals surface area contributed by atoms with Crippen LogP contribution >= 0.6 is 0 Å². The van der Waals surface area contributed by atoms with Crippen LogP contribution in [-0.4, -0.2) is 75.0 Å². The lowest BCUT2D eigenvalue weighted by molar-refractivity contribution is -0.117. The van der Waals surface area contributed by atoms with E-state index in [-0.39, 0.29) is 53.6 Å². The normalized spacial score (nSPS) is 21.1. The third kappa shape index (κ3) is 4.87. The van der Waals surface area contributed by atoms with Crippen molar-refractivity contribution in [1.29, 1.82) is 0 Å². The van der Waals surface area contributed by atoms with Gasteiger partial charge in [0.15, 0.2) is 6.23 Å². The van der Waals surface area contributed by atoms with Crippen LogP contribution in [0.4, 0.5) is 4.39 Å². The molecule has 206 valence electrons. The number of hydrogen-bond donors (Lipinski definition) is 1. The van der Waals surface area contributed by atoms with Crippen LogP contribution in [-0.2, 0) is 22.8 Å². The molecule has 1 unspecified atom stereocenters. The average molecular weight is 538 g/mol. The number of nitrogens with zero attached hydrogens (tertiary/aromatic N) is 4. The third-order valence-electron chi connectivity index (χ3n) is 7.19. The molecule has 2 aliphatic heterocycles. The second-order valence-electron chi connectivity index (χ2n) is 10.5. The zero-order valence-corrected chi connectivity index (χ0v) is 22.6. The average Bonchev–Trinajstić information content (AvgIpc) is 3.23. The number of amides is 2. The SMILES string of the molecule is COCn1cc(C(=O)C(=O)NC(C)C)c2cc3c(nc21)OC1[C@H](C)N(Cc2ccc(F)cc2)C[C@@H](C)N1C3=O. The Labute approximate surface area is 225 Å². The Hall–Kier alpha value is -3.83. The van der Waals surface area contributed by atoms with E-state index in [0.29, 0.717) is 24.1 Å². The van der Waals surface area contributed by atoms with Crippen molar-refractivity contribution in [2.24, 2.45) is 0 Å². The van der Waals surface area contributed by atoms with Crippen molar-refractivity contribution in [3.63, 3.8) is 0 Å². The number of benzene rings is 1. The summed E-state index contributed by atoms with van der Waals surface area (Å²) in [5, 5.41) is 2.99. The van der Waals surface area contributed by atoms with Gasteiger partial charge in [0.2, 0.25) is 5.88 Å². The van der Waals surface area contributed by atoms with Gasteiger partial charge in [0.05, 0.1) is 11.6 Å². The number of ether oxygens (including phenoxy) is 2. The van der Waals surface area contributed by atoms with Gasteiger partial charge in [-0.1, -0.05) is 12.1 Å². The lowest BCUT2D eigenvalue weighted by atomic mass is 10.0. The number of halogens is 1. The van der Waals surface area contributed by atoms with Crippen molar-refractivity contribution in [3.05, 3.63) is 59.0 Å². The van der Waals surface area contributed by atoms with Gasteiger partial charge >= 0.3 is 0 Å². The van der Waals surface area contributed by atoms with Crippen molar-refractivity contribution in [3.8, 4) is 5.88 Å². The van der Waals surface area contributed by atoms with Crippen LogP contribution in [0.1, 0.15) is 54.0 Å². The first-order valence-corrected chi connectivity index (χ1v) is 12.9. The Morgan fingerprint density at radius 2 is 1.95 bits per heavy atom. The van der Waals surface area contributed by atoms with Crippen molar-refractivity contribution < 1.29 is 28.2 Å². The molecular weight excluding hydrogens is 505 g/mol. The summed E-state index contributed by atoms with van der Waals surface area (Å²) in [5.74, 6) is -1.83. The van der Waals surface area contributed by atoms with Crippen molar-refractivity contribution >= 4 is 28.6 Å². The summed E-state index contributed by atoms with van der Waals surface area (Å²) in [5.41, 5.74) is 1.70. The van der Waals surface area contributed by atoms with E-state index in [2.05, 4.69) is 15.2 Å². The maximum Gasteiger partial charge on any atom is 0.292 e. The Morgan fingerprint density at radius 3 is 2.62 bits per heavy atom. The number of Topliss-reactive ketones (excluding diaryl/α,β-unsaturated/α-hetero) is 1. The van der Waals surface area contributed by atoms with Crippen LogP contribution in [0.2, 0.25) is 0 Å². The molecule has 1 N–H and O–H groups in total. The number of rotatable bonds is 7. The largest absolute Gasteiger partial charge is 0.451 e. The lowest BCUT2D eigenvalue weighted by Crippen LogP contribution is -2.66. The van der Waals surface area contributed by atoms with E-state index >= 15 is 0 Å². The monoisotopic (exact) mass is 537 g/mol. The van der Waals surface area contributed by atoms with Crippen LogP contribution < -0.4 is 10.1 Å². The van der Waals surface area contributed by atoms with E-state index in [1.165, 1.54) is 25.4 Å². The highest BCUT2D eigenvalue weighted by atomic mass is 19.1. The fraction of sp³-hybridized carbons (Fsp3) is 0.429. The van der Waals surface area contributed by atoms with Gasteiger partial charge in [-0.25, -0.2) is 4.39 Å². The van der Waals surface area contributed by atoms with Gasteiger partial charge < -0.3 is 19.4 Å². The topological polar surface area (TPSA) is 106 Å². The highest BCUT2D eigenvalue weighted by molar-refractivity contribution is 6.45. The molecule has 39 heavy (non-hydrogen) atoms. The predicted octanol–water partition coefficient (Wildman–Crippen LogP) is 2.94. The second kappa shape index (κ2) is 10.4. The maximum atomic E-state index is 13.8. The summed E-state index contributed by atoms with van der Waals surface area (Å²) >= 11 is 0. The smallest absolute Gasteiger partial charge is 0.292 e. The Balaban J connectivity index is 1.51. The summed E-state index contributed by atoms with van der Waals surface area (Å²) in [4.78, 5) is 47.9. The predicted molar refractivity (Wildman–Crippen MR) is 141 cm³/mol. The Morgan fingerprint density at radius 1 is 1.23 bits per heavy atom. The van der Waals surface area contributed by atoms with Crippen LogP contribution in [0.25, 0.3) is 11.0 Å². The van der Waals surface area contributed by atoms with E-state index in [1.54, 1.807) is 41.5 Å². The number of carbonyl (C=O) groups is 3. The van der Waals surface area contributed by atoms with E-state index < -0.39 is 17.9 Å². The van der Waals surface area contributed by atoms with Gasteiger partial charge in [-0.05, 0) is 51.5 Å². The molecule has 1 aromatic carbocycles. The molecule has 1 fully saturated rings. The second-order valence-corrected chi connectivity index (χ2v) is 10.5. The number of hydrogen-bond acceptors (Lipinski definition) is 7. The molecule has 0 spiro atoms. The maximum absolute atomic E-state index is 13.8. The number of fused-ring (bicyclic) bond motifs is 3. The Kier molecular flexibility index (Phi) is 7.13. The first-order valence-electron chi connectivity index (χ1n) is 12.9. The molecule has 2 aliphatic rings. The molecule has 2 amide bonds. The minimum atomic E-state index is -0.735. The van der Waals surface area contributed by atoms with Crippen LogP contribution in [0.15, 0.2) is 36.5 Å². The van der Waals surface area contributed by atoms with Gasteiger partial charge in [-0.15, -0.1) is 0 Å². The molecule has 0 aliphatic carbocycles. The molecule has 5 rings (SSSR count). The molecule has 0 radical (unpaired) electrons. The molecule has 1 saturated heterocycles. The summed E-state index contributed by atoms with van der Waals surface area (Å²) < 4.78 is 26.7. The highest BCUT2D eigenvalue weighted by Crippen LogP contribution is 2.36. The van der Waals surface area contributed by atoms with Gasteiger partial charge in [-0.3, -0.25) is 24.2 Å². The van der Waals surface area contributed by atoms with Crippen LogP contribution in [0.5, 0.6) is 5.88 Å². The molecule has 0 saturated carbocycles. The number of methoxy groups -OCH3 is 1. The van der Waals surface area contributed by atoms with Gasteiger partial charge in [-0.2, -0.15) is 4.98 Å². The highest BCUT2D eigenvalue weighted by Gasteiger charge is 2.46. The van der Waals surface area contributed by atoms with Gasteiger partial charge in [0.25, 0.3) is 17.6 Å². The number of piperazine rings is 1. The molecule has 10 nitrogen and oxygen atoms in total. The Bertz CT molecular complexity index is 1440. The minimum absolute atomic E-state index is 0.0871. The minimum Gasteiger partial charge on any atom is -0.451 e. The number of carbonyl (C=O) groups excluding carboxylic acids is 3. The first-order chi connectivity index (χ1) is 18.6. The van der Waals surface area contributed by atoms with E-state index in [9.17, 15) is 18.8 Å². The van der Waals surface area contributed by atoms with Crippen molar-refractivity contribution in [1.82, 2.24) is 24.7 Å². The number of nitrogens with one attached hydrogen (secondary N) is 1. The van der Waals surface area contributed by atoms with Crippen molar-refractivity contribution in [2.45, 2.75) is 65.3 Å². The van der Waals surface area contributed by atoms with E-state index in [0.717, 1.165) is 5.56 Å². The molecule has 11 heteroatoms. The number of pyridine rings is 1. The number of aromatic nitrogens is 2. The summed E-state index contributed by atoms with van der Waals surface area (Å²) in [6.07, 6.45) is 0.922. The fourth-order valence-electron chi connectivity index (χ4n) is 5.32. The quantitative estimate of drug-likeness (QED) is 0.365. The van der Waals surface area contributed by atoms with Crippen LogP contribution in [0.3, 0.4) is 0 Å². The molecular formula is C28H32FN5O5. The van der Waals surface area contributed by atoms with Gasteiger partial charge in [0.1, 0.15) is 23.8 Å². The first kappa shape index (κ1) is 26.8. The molecule has 2 aromatic heterocycles. The molecule has 3 aromatic rings. The zero-order valence-electron chi connectivity index (χ0n) is 22.6. The molecule has 4 heterocycles. The molecule has 3 atom stereocenters. The standard InChI is InChI=1S/C28H32FN5O5/c1-15(2)30-25(36)23(35)22-13-33(14-38-5)24-20(22)10-21-26(31-24)39-28-17(4)32(11-16(3)34(28)27(21)37)12-18-6-8-19(29)9-7-18/h6-10,13,15-17,28H,11-12,14H2,1-5H3,(H,30,36)/t16-,17+,28?/m1/s1. The fourth-order valence-corrected chi connectivity index (χ4v) is 5.32. The van der Waals surface area contributed by atoms with E-state index in [1.807, 2.05) is 13.8 Å². The summed E-state index contributed by atoms with van der Waals surface area (Å²) in [6.45, 7) is 8.74. The third-order valence-corrected chi connectivity index (χ3v) is 7.19. The lowest BCUT2D eigenvalue weighted by Gasteiger charge is -2.50. The van der Waals surface area contributed by atoms with E-state index in [4.69, 9.17) is 9.47 Å². The van der Waals surface area contributed by atoms with Gasteiger partial charge in [0, 0.05) is 43.9 Å². The zero-order chi connectivity index (χ0) is 28.0. The molecule has 0 bridgehead atoms. The summed E-state index contributed by atoms with van der Waals surface area (Å²) in [7, 11) is 1.51.